The van der Waals surface area contributed by atoms with Crippen LogP contribution >= 0.6 is 22.9 Å². The summed E-state index contributed by atoms with van der Waals surface area (Å²) in [5.74, 6) is -1.72. The highest BCUT2D eigenvalue weighted by Gasteiger charge is 2.25. The fraction of sp³-hybridized carbons (Fsp3) is 0.217. The van der Waals surface area contributed by atoms with Gasteiger partial charge in [0.05, 0.1) is 35.1 Å². The molecule has 0 fully saturated rings. The molecule has 172 valence electrons. The number of anilines is 2. The highest BCUT2D eigenvalue weighted by atomic mass is 35.5. The quantitative estimate of drug-likeness (QED) is 0.373. The van der Waals surface area contributed by atoms with Crippen molar-refractivity contribution in [3.05, 3.63) is 75.3 Å². The van der Waals surface area contributed by atoms with Crippen molar-refractivity contribution in [3.63, 3.8) is 0 Å². The first kappa shape index (κ1) is 24.2. The number of hydrogen-bond acceptors (Lipinski definition) is 8. The van der Waals surface area contributed by atoms with E-state index in [0.717, 1.165) is 16.9 Å². The van der Waals surface area contributed by atoms with Crippen molar-refractivity contribution in [1.82, 2.24) is 4.98 Å². The lowest BCUT2D eigenvalue weighted by molar-refractivity contribution is -0.121. The molecule has 3 rings (SSSR count). The molecule has 0 saturated heterocycles. The van der Waals surface area contributed by atoms with E-state index in [9.17, 15) is 14.4 Å². The number of carbonyl (C=O) groups is 3. The topological polar surface area (TPSA) is 112 Å². The molecule has 0 aliphatic rings. The Balaban J connectivity index is 1.81. The van der Waals surface area contributed by atoms with Gasteiger partial charge in [0.2, 0.25) is 0 Å². The van der Waals surface area contributed by atoms with E-state index >= 15 is 0 Å². The average molecular weight is 488 g/mol. The van der Waals surface area contributed by atoms with Gasteiger partial charge in [-0.05, 0) is 37.6 Å². The summed E-state index contributed by atoms with van der Waals surface area (Å²) in [6, 6.07) is 13.6. The SMILES string of the molecule is CCOC(=O)c1sc(N(Cc2ccccc2)C(=O)COC(=O)c2ccc(Cl)c(N)c2)nc1C. The van der Waals surface area contributed by atoms with Crippen LogP contribution in [0, 0.1) is 6.92 Å². The van der Waals surface area contributed by atoms with E-state index in [0.29, 0.717) is 20.7 Å². The van der Waals surface area contributed by atoms with Crippen LogP contribution in [0.3, 0.4) is 0 Å². The monoisotopic (exact) mass is 487 g/mol. The second-order valence-corrected chi connectivity index (χ2v) is 8.29. The summed E-state index contributed by atoms with van der Waals surface area (Å²) in [5, 5.41) is 0.615. The number of esters is 2. The average Bonchev–Trinajstić information content (AvgIpc) is 3.19. The molecule has 2 N–H and O–H groups in total. The molecule has 0 unspecified atom stereocenters. The molecule has 1 amide bonds. The van der Waals surface area contributed by atoms with Gasteiger partial charge in [-0.2, -0.15) is 0 Å². The van der Waals surface area contributed by atoms with Crippen LogP contribution in [0.5, 0.6) is 0 Å². The maximum atomic E-state index is 13.1. The number of carbonyl (C=O) groups excluding carboxylic acids is 3. The zero-order valence-electron chi connectivity index (χ0n) is 18.0. The Hall–Kier alpha value is -3.43. The molecule has 0 atom stereocenters. The smallest absolute Gasteiger partial charge is 0.350 e. The van der Waals surface area contributed by atoms with Gasteiger partial charge >= 0.3 is 11.9 Å². The van der Waals surface area contributed by atoms with E-state index in [2.05, 4.69) is 4.98 Å². The number of thiazole rings is 1. The van der Waals surface area contributed by atoms with Gasteiger partial charge in [-0.25, -0.2) is 14.6 Å². The van der Waals surface area contributed by atoms with E-state index in [-0.39, 0.29) is 24.4 Å². The molecule has 0 aliphatic carbocycles. The number of benzene rings is 2. The van der Waals surface area contributed by atoms with Crippen molar-refractivity contribution in [1.29, 1.82) is 0 Å². The van der Waals surface area contributed by atoms with Gasteiger partial charge in [-0.3, -0.25) is 9.69 Å². The Labute approximate surface area is 199 Å². The van der Waals surface area contributed by atoms with Crippen molar-refractivity contribution in [2.45, 2.75) is 20.4 Å². The second kappa shape index (κ2) is 10.9. The zero-order valence-corrected chi connectivity index (χ0v) is 19.6. The van der Waals surface area contributed by atoms with Gasteiger partial charge in [0.25, 0.3) is 5.91 Å². The Bertz CT molecular complexity index is 1170. The summed E-state index contributed by atoms with van der Waals surface area (Å²) >= 11 is 6.92. The third-order valence-corrected chi connectivity index (χ3v) is 6.02. The maximum Gasteiger partial charge on any atom is 0.350 e. The van der Waals surface area contributed by atoms with Crippen LogP contribution in [0.1, 0.15) is 38.2 Å². The van der Waals surface area contributed by atoms with Crippen molar-refractivity contribution >= 4 is 51.6 Å². The Morgan fingerprint density at radius 3 is 2.48 bits per heavy atom. The first-order valence-corrected chi connectivity index (χ1v) is 11.2. The lowest BCUT2D eigenvalue weighted by Gasteiger charge is -2.20. The van der Waals surface area contributed by atoms with Crippen molar-refractivity contribution in [3.8, 4) is 0 Å². The van der Waals surface area contributed by atoms with Gasteiger partial charge in [0.1, 0.15) is 4.88 Å². The van der Waals surface area contributed by atoms with Crippen LogP contribution in [0.2, 0.25) is 5.02 Å². The number of nitrogen functional groups attached to an aromatic ring is 1. The van der Waals surface area contributed by atoms with E-state index in [1.807, 2.05) is 30.3 Å². The lowest BCUT2D eigenvalue weighted by atomic mass is 10.2. The molecule has 10 heteroatoms. The second-order valence-electron chi connectivity index (χ2n) is 6.91. The number of aromatic nitrogens is 1. The molecule has 0 saturated carbocycles. The molecule has 1 heterocycles. The third-order valence-electron chi connectivity index (χ3n) is 4.52. The fourth-order valence-corrected chi connectivity index (χ4v) is 3.97. The van der Waals surface area contributed by atoms with Crippen molar-refractivity contribution in [2.24, 2.45) is 0 Å². The van der Waals surface area contributed by atoms with Crippen molar-refractivity contribution in [2.75, 3.05) is 23.8 Å². The van der Waals surface area contributed by atoms with Crippen LogP contribution in [-0.4, -0.2) is 36.0 Å². The van der Waals surface area contributed by atoms with E-state index < -0.39 is 24.5 Å². The van der Waals surface area contributed by atoms with E-state index in [4.69, 9.17) is 26.8 Å². The largest absolute Gasteiger partial charge is 0.462 e. The van der Waals surface area contributed by atoms with Crippen LogP contribution in [0.4, 0.5) is 10.8 Å². The van der Waals surface area contributed by atoms with Crippen LogP contribution in [0.15, 0.2) is 48.5 Å². The molecule has 1 aromatic heterocycles. The molecule has 2 aromatic carbocycles. The predicted molar refractivity (Wildman–Crippen MR) is 127 cm³/mol. The summed E-state index contributed by atoms with van der Waals surface area (Å²) in [4.78, 5) is 43.7. The Morgan fingerprint density at radius 1 is 1.09 bits per heavy atom. The normalized spacial score (nSPS) is 10.5. The third kappa shape index (κ3) is 6.09. The molecular formula is C23H22ClN3O5S. The number of ether oxygens (including phenoxy) is 2. The standard InChI is InChI=1S/C23H22ClN3O5S/c1-3-31-22(30)20-14(2)26-23(33-20)27(12-15-7-5-4-6-8-15)19(28)13-32-21(29)16-9-10-17(24)18(25)11-16/h4-11H,3,12-13,25H2,1-2H3. The molecular weight excluding hydrogens is 466 g/mol. The number of nitrogens with two attached hydrogens (primary N) is 1. The van der Waals surface area contributed by atoms with Gasteiger partial charge < -0.3 is 15.2 Å². The van der Waals surface area contributed by atoms with Crippen LogP contribution in [-0.2, 0) is 20.8 Å². The van der Waals surface area contributed by atoms with E-state index in [1.54, 1.807) is 13.8 Å². The van der Waals surface area contributed by atoms with Crippen LogP contribution in [0.25, 0.3) is 0 Å². The molecule has 0 radical (unpaired) electrons. The Morgan fingerprint density at radius 2 is 1.82 bits per heavy atom. The van der Waals surface area contributed by atoms with E-state index in [1.165, 1.54) is 23.1 Å². The molecule has 33 heavy (non-hydrogen) atoms. The maximum absolute atomic E-state index is 13.1. The summed E-state index contributed by atoms with van der Waals surface area (Å²) in [6.45, 7) is 3.26. The summed E-state index contributed by atoms with van der Waals surface area (Å²) < 4.78 is 10.3. The van der Waals surface area contributed by atoms with Crippen molar-refractivity contribution < 1.29 is 23.9 Å². The predicted octanol–water partition coefficient (Wildman–Crippen LogP) is 4.25. The number of halogens is 1. The minimum atomic E-state index is -0.714. The number of aryl methyl sites for hydroxylation is 1. The minimum absolute atomic E-state index is 0.175. The molecule has 0 bridgehead atoms. The fourth-order valence-electron chi connectivity index (χ4n) is 2.87. The zero-order chi connectivity index (χ0) is 24.0. The number of nitrogens with zero attached hydrogens (tertiary/aromatic N) is 2. The lowest BCUT2D eigenvalue weighted by Crippen LogP contribution is -2.34. The summed E-state index contributed by atoms with van der Waals surface area (Å²) in [5.41, 5.74) is 7.42. The minimum Gasteiger partial charge on any atom is -0.462 e. The molecule has 8 nitrogen and oxygen atoms in total. The van der Waals surface area contributed by atoms with Crippen LogP contribution < -0.4 is 10.6 Å². The molecule has 3 aromatic rings. The highest BCUT2D eigenvalue weighted by Crippen LogP contribution is 2.28. The summed E-state index contributed by atoms with van der Waals surface area (Å²) in [6.07, 6.45) is 0. The first-order chi connectivity index (χ1) is 15.8. The molecule has 0 spiro atoms. The van der Waals surface area contributed by atoms with Gasteiger partial charge in [-0.1, -0.05) is 53.3 Å². The van der Waals surface area contributed by atoms with Gasteiger partial charge in [0, 0.05) is 0 Å². The van der Waals surface area contributed by atoms with Gasteiger partial charge in [-0.15, -0.1) is 0 Å². The number of hydrogen-bond donors (Lipinski definition) is 1. The number of amides is 1. The number of rotatable bonds is 8. The highest BCUT2D eigenvalue weighted by molar-refractivity contribution is 7.17. The summed E-state index contributed by atoms with van der Waals surface area (Å²) in [7, 11) is 0. The Kier molecular flexibility index (Phi) is 8.02. The van der Waals surface area contributed by atoms with Gasteiger partial charge in [0.15, 0.2) is 11.7 Å². The first-order valence-electron chi connectivity index (χ1n) is 10.0. The molecule has 0 aliphatic heterocycles.